The number of carbonyl (C=O) groups is 1. The van der Waals surface area contributed by atoms with E-state index in [1.54, 1.807) is 14.2 Å². The molecule has 1 atom stereocenters. The summed E-state index contributed by atoms with van der Waals surface area (Å²) < 4.78 is 11.2. The molecular formula is C34H38Cl2N4O3. The number of carbonyl (C=O) groups excluding carboxylic acids is 1. The topological polar surface area (TPSA) is 99.4 Å². The van der Waals surface area contributed by atoms with Gasteiger partial charge < -0.3 is 20.5 Å². The number of rotatable bonds is 11. The van der Waals surface area contributed by atoms with Gasteiger partial charge >= 0.3 is 0 Å². The number of nitrogens with two attached hydrogens (primary N) is 1. The SMILES string of the molecule is COc1nc(-c2cccc(-c3cccc(-c4ccc([C@H](C)N)c(OC)n4)c3Cl)c2Cl)ccc1CCC(C)(C)CNC(C)=O. The Labute approximate surface area is 263 Å². The van der Waals surface area contributed by atoms with Crippen LogP contribution in [-0.2, 0) is 11.2 Å². The third kappa shape index (κ3) is 7.47. The Hall–Kier alpha value is -3.65. The van der Waals surface area contributed by atoms with Crippen molar-refractivity contribution in [3.8, 4) is 45.4 Å². The van der Waals surface area contributed by atoms with Crippen LogP contribution in [0.3, 0.4) is 0 Å². The number of hydrogen-bond donors (Lipinski definition) is 2. The predicted molar refractivity (Wildman–Crippen MR) is 175 cm³/mol. The molecule has 3 N–H and O–H groups in total. The molecule has 9 heteroatoms. The van der Waals surface area contributed by atoms with Crippen LogP contribution in [0.25, 0.3) is 33.6 Å². The van der Waals surface area contributed by atoms with E-state index in [4.69, 9.17) is 43.4 Å². The highest BCUT2D eigenvalue weighted by Gasteiger charge is 2.21. The van der Waals surface area contributed by atoms with Gasteiger partial charge in [-0.1, -0.05) is 79.5 Å². The summed E-state index contributed by atoms with van der Waals surface area (Å²) in [6.45, 7) is 8.28. The smallest absolute Gasteiger partial charge is 0.218 e. The second-order valence-corrected chi connectivity index (χ2v) is 12.1. The highest BCUT2D eigenvalue weighted by atomic mass is 35.5. The Morgan fingerprint density at radius 2 is 1.37 bits per heavy atom. The fourth-order valence-electron chi connectivity index (χ4n) is 4.90. The van der Waals surface area contributed by atoms with Gasteiger partial charge in [0.1, 0.15) is 0 Å². The van der Waals surface area contributed by atoms with E-state index in [2.05, 4.69) is 24.1 Å². The van der Waals surface area contributed by atoms with E-state index < -0.39 is 0 Å². The van der Waals surface area contributed by atoms with Crippen molar-refractivity contribution in [3.63, 3.8) is 0 Å². The zero-order chi connectivity index (χ0) is 31.3. The van der Waals surface area contributed by atoms with E-state index >= 15 is 0 Å². The maximum absolute atomic E-state index is 11.4. The van der Waals surface area contributed by atoms with Crippen molar-refractivity contribution in [2.24, 2.45) is 11.1 Å². The number of aryl methyl sites for hydroxylation is 1. The van der Waals surface area contributed by atoms with Gasteiger partial charge in [0.05, 0.1) is 35.7 Å². The lowest BCUT2D eigenvalue weighted by Gasteiger charge is -2.25. The summed E-state index contributed by atoms with van der Waals surface area (Å²) in [7, 11) is 3.19. The van der Waals surface area contributed by atoms with Crippen LogP contribution in [-0.4, -0.2) is 36.6 Å². The number of nitrogens with one attached hydrogen (secondary N) is 1. The first-order valence-corrected chi connectivity index (χ1v) is 14.9. The Kier molecular flexibility index (Phi) is 10.3. The molecular weight excluding hydrogens is 583 g/mol. The second-order valence-electron chi connectivity index (χ2n) is 11.4. The van der Waals surface area contributed by atoms with E-state index in [0.717, 1.165) is 46.2 Å². The standard InChI is InChI=1S/C34H38Cl2N4O3/c1-20(37)23-14-16-29(40-33(23)43-6)27-12-8-10-25(31(27)36)24-9-7-11-26(30(24)35)28-15-13-22(32(39-28)42-5)17-18-34(3,4)19-38-21(2)41/h7-16,20H,17-19,37H2,1-6H3,(H,38,41)/t20-/m0/s1. The molecule has 226 valence electrons. The molecule has 0 saturated carbocycles. The molecule has 0 fully saturated rings. The van der Waals surface area contributed by atoms with Crippen LogP contribution in [0.4, 0.5) is 0 Å². The van der Waals surface area contributed by atoms with Gasteiger partial charge in [-0.25, -0.2) is 9.97 Å². The number of amides is 1. The minimum atomic E-state index is -0.219. The fourth-order valence-corrected chi connectivity index (χ4v) is 5.55. The van der Waals surface area contributed by atoms with Gasteiger partial charge in [0, 0.05) is 52.9 Å². The summed E-state index contributed by atoms with van der Waals surface area (Å²) >= 11 is 14.0. The molecule has 0 aliphatic heterocycles. The van der Waals surface area contributed by atoms with Gasteiger partial charge in [0.2, 0.25) is 17.7 Å². The fraction of sp³-hybridized carbons (Fsp3) is 0.324. The number of halogens is 2. The first-order chi connectivity index (χ1) is 20.5. The normalized spacial score (nSPS) is 12.1. The average Bonchev–Trinajstić information content (AvgIpc) is 2.99. The third-order valence-electron chi connectivity index (χ3n) is 7.43. The Morgan fingerprint density at radius 1 is 0.860 bits per heavy atom. The van der Waals surface area contributed by atoms with Crippen LogP contribution < -0.4 is 20.5 Å². The first-order valence-electron chi connectivity index (χ1n) is 14.1. The highest BCUT2D eigenvalue weighted by Crippen LogP contribution is 2.42. The number of nitrogens with zero attached hydrogens (tertiary/aromatic N) is 2. The quantitative estimate of drug-likeness (QED) is 0.177. The number of hydrogen-bond acceptors (Lipinski definition) is 6. The van der Waals surface area contributed by atoms with Gasteiger partial charge in [0.25, 0.3) is 0 Å². The van der Waals surface area contributed by atoms with Crippen molar-refractivity contribution in [1.29, 1.82) is 0 Å². The molecule has 2 aromatic heterocycles. The molecule has 0 bridgehead atoms. The van der Waals surface area contributed by atoms with Gasteiger partial charge in [-0.05, 0) is 43.4 Å². The number of methoxy groups -OCH3 is 2. The minimum Gasteiger partial charge on any atom is -0.481 e. The molecule has 2 aromatic carbocycles. The van der Waals surface area contributed by atoms with Crippen molar-refractivity contribution in [3.05, 3.63) is 81.8 Å². The van der Waals surface area contributed by atoms with Gasteiger partial charge in [0.15, 0.2) is 0 Å². The van der Waals surface area contributed by atoms with Crippen molar-refractivity contribution in [1.82, 2.24) is 15.3 Å². The summed E-state index contributed by atoms with van der Waals surface area (Å²) in [4.78, 5) is 20.9. The molecule has 0 radical (unpaired) electrons. The molecule has 0 saturated heterocycles. The lowest BCUT2D eigenvalue weighted by molar-refractivity contribution is -0.119. The predicted octanol–water partition coefficient (Wildman–Crippen LogP) is 7.92. The van der Waals surface area contributed by atoms with Crippen molar-refractivity contribution < 1.29 is 14.3 Å². The van der Waals surface area contributed by atoms with E-state index in [9.17, 15) is 4.79 Å². The monoisotopic (exact) mass is 620 g/mol. The zero-order valence-electron chi connectivity index (χ0n) is 25.4. The third-order valence-corrected chi connectivity index (χ3v) is 8.25. The zero-order valence-corrected chi connectivity index (χ0v) is 26.9. The lowest BCUT2D eigenvalue weighted by atomic mass is 9.86. The minimum absolute atomic E-state index is 0.0310. The molecule has 0 aliphatic rings. The second kappa shape index (κ2) is 13.8. The molecule has 0 aliphatic carbocycles. The Morgan fingerprint density at radius 3 is 1.88 bits per heavy atom. The molecule has 4 rings (SSSR count). The largest absolute Gasteiger partial charge is 0.481 e. The van der Waals surface area contributed by atoms with Gasteiger partial charge in [-0.15, -0.1) is 0 Å². The highest BCUT2D eigenvalue weighted by molar-refractivity contribution is 6.39. The molecule has 43 heavy (non-hydrogen) atoms. The van der Waals surface area contributed by atoms with Crippen LogP contribution in [0, 0.1) is 5.41 Å². The Bertz CT molecular complexity index is 1620. The first kappa shape index (κ1) is 32.3. The molecule has 0 unspecified atom stereocenters. The van der Waals surface area contributed by atoms with Gasteiger partial charge in [-0.3, -0.25) is 4.79 Å². The summed E-state index contributed by atoms with van der Waals surface area (Å²) in [5.74, 6) is 0.981. The maximum atomic E-state index is 11.4. The van der Waals surface area contributed by atoms with E-state index in [0.29, 0.717) is 39.7 Å². The number of ether oxygens (including phenoxy) is 2. The van der Waals surface area contributed by atoms with E-state index in [1.165, 1.54) is 6.92 Å². The van der Waals surface area contributed by atoms with Crippen LogP contribution in [0.15, 0.2) is 60.7 Å². The summed E-state index contributed by atoms with van der Waals surface area (Å²) in [6.07, 6.45) is 1.60. The van der Waals surface area contributed by atoms with Crippen LogP contribution in [0.1, 0.15) is 51.3 Å². The van der Waals surface area contributed by atoms with Crippen LogP contribution in [0.5, 0.6) is 11.8 Å². The van der Waals surface area contributed by atoms with Crippen molar-refractivity contribution in [2.75, 3.05) is 20.8 Å². The average molecular weight is 622 g/mol. The summed E-state index contributed by atoms with van der Waals surface area (Å²) in [5.41, 5.74) is 12.2. The van der Waals surface area contributed by atoms with Crippen LogP contribution >= 0.6 is 23.2 Å². The number of aromatic nitrogens is 2. The van der Waals surface area contributed by atoms with Crippen LogP contribution in [0.2, 0.25) is 10.0 Å². The molecule has 4 aromatic rings. The Balaban J connectivity index is 1.66. The van der Waals surface area contributed by atoms with Crippen molar-refractivity contribution >= 4 is 29.1 Å². The summed E-state index contributed by atoms with van der Waals surface area (Å²) in [6, 6.07) is 19.1. The molecule has 2 heterocycles. The van der Waals surface area contributed by atoms with E-state index in [-0.39, 0.29) is 17.4 Å². The number of benzene rings is 2. The number of pyridine rings is 2. The summed E-state index contributed by atoms with van der Waals surface area (Å²) in [5, 5.41) is 3.96. The lowest BCUT2D eigenvalue weighted by Crippen LogP contribution is -2.32. The van der Waals surface area contributed by atoms with E-state index in [1.807, 2.05) is 67.6 Å². The molecule has 1 amide bonds. The molecule has 7 nitrogen and oxygen atoms in total. The molecule has 0 spiro atoms. The van der Waals surface area contributed by atoms with Crippen molar-refractivity contribution in [2.45, 2.75) is 46.6 Å². The van der Waals surface area contributed by atoms with Gasteiger partial charge in [-0.2, -0.15) is 0 Å². The maximum Gasteiger partial charge on any atom is 0.218 e.